The van der Waals surface area contributed by atoms with Crippen molar-refractivity contribution in [3.05, 3.63) is 46.5 Å². The van der Waals surface area contributed by atoms with Crippen LogP contribution >= 0.6 is 11.6 Å². The van der Waals surface area contributed by atoms with E-state index in [4.69, 9.17) is 11.6 Å². The zero-order valence-corrected chi connectivity index (χ0v) is 9.54. The first-order valence-electron chi connectivity index (χ1n) is 5.47. The lowest BCUT2D eigenvalue weighted by Crippen LogP contribution is -1.90. The van der Waals surface area contributed by atoms with Gasteiger partial charge in [0.1, 0.15) is 5.82 Å². The van der Waals surface area contributed by atoms with Gasteiger partial charge in [-0.15, -0.1) is 0 Å². The van der Waals surface area contributed by atoms with Crippen LogP contribution in [0.25, 0.3) is 0 Å². The third-order valence-corrected chi connectivity index (χ3v) is 3.03. The average Bonchev–Trinajstić information content (AvgIpc) is 3.04. The summed E-state index contributed by atoms with van der Waals surface area (Å²) in [6.07, 6.45) is 3.26. The number of halogens is 1. The van der Waals surface area contributed by atoms with Gasteiger partial charge < -0.3 is 0 Å². The normalized spacial score (nSPS) is 15.3. The van der Waals surface area contributed by atoms with E-state index >= 15 is 0 Å². The third-order valence-electron chi connectivity index (χ3n) is 2.78. The molecule has 16 heavy (non-hydrogen) atoms. The van der Waals surface area contributed by atoms with Gasteiger partial charge in [0.15, 0.2) is 5.82 Å². The van der Waals surface area contributed by atoms with E-state index in [1.165, 1.54) is 18.4 Å². The Kier molecular flexibility index (Phi) is 2.40. The summed E-state index contributed by atoms with van der Waals surface area (Å²) in [6, 6.07) is 7.83. The van der Waals surface area contributed by atoms with Crippen molar-refractivity contribution in [2.24, 2.45) is 0 Å². The molecule has 1 aromatic carbocycles. The van der Waals surface area contributed by atoms with Gasteiger partial charge in [-0.1, -0.05) is 23.7 Å². The van der Waals surface area contributed by atoms with Crippen LogP contribution in [0.3, 0.4) is 0 Å². The van der Waals surface area contributed by atoms with Gasteiger partial charge in [-0.2, -0.15) is 5.10 Å². The first-order valence-corrected chi connectivity index (χ1v) is 5.85. The van der Waals surface area contributed by atoms with Gasteiger partial charge in [-0.25, -0.2) is 4.98 Å². The molecule has 82 valence electrons. The Hall–Kier alpha value is -1.35. The molecule has 1 aliphatic rings. The SMILES string of the molecule is Clc1ccc(Cc2nc(C3CC3)n[nH]2)cc1. The highest BCUT2D eigenvalue weighted by atomic mass is 35.5. The van der Waals surface area contributed by atoms with Gasteiger partial charge in [0.25, 0.3) is 0 Å². The van der Waals surface area contributed by atoms with Crippen molar-refractivity contribution in [2.45, 2.75) is 25.2 Å². The van der Waals surface area contributed by atoms with Crippen molar-refractivity contribution in [3.63, 3.8) is 0 Å². The molecule has 0 radical (unpaired) electrons. The van der Waals surface area contributed by atoms with Crippen molar-refractivity contribution in [3.8, 4) is 0 Å². The fraction of sp³-hybridized carbons (Fsp3) is 0.333. The monoisotopic (exact) mass is 233 g/mol. The Morgan fingerprint density at radius 3 is 2.69 bits per heavy atom. The summed E-state index contributed by atoms with van der Waals surface area (Å²) < 4.78 is 0. The van der Waals surface area contributed by atoms with Crippen molar-refractivity contribution in [1.29, 1.82) is 0 Å². The Morgan fingerprint density at radius 2 is 2.00 bits per heavy atom. The molecule has 3 nitrogen and oxygen atoms in total. The second kappa shape index (κ2) is 3.91. The summed E-state index contributed by atoms with van der Waals surface area (Å²) in [4.78, 5) is 4.49. The average molecular weight is 234 g/mol. The summed E-state index contributed by atoms with van der Waals surface area (Å²) in [7, 11) is 0. The number of nitrogens with zero attached hydrogens (tertiary/aromatic N) is 2. The van der Waals surface area contributed by atoms with Gasteiger partial charge in [-0.3, -0.25) is 5.10 Å². The van der Waals surface area contributed by atoms with E-state index in [1.54, 1.807) is 0 Å². The highest BCUT2D eigenvalue weighted by Crippen LogP contribution is 2.37. The zero-order chi connectivity index (χ0) is 11.0. The minimum absolute atomic E-state index is 0.607. The maximum absolute atomic E-state index is 5.83. The smallest absolute Gasteiger partial charge is 0.153 e. The molecule has 0 bridgehead atoms. The van der Waals surface area contributed by atoms with Crippen LogP contribution in [0.15, 0.2) is 24.3 Å². The molecular formula is C12H12ClN3. The summed E-state index contributed by atoms with van der Waals surface area (Å²) in [5.41, 5.74) is 1.20. The lowest BCUT2D eigenvalue weighted by molar-refractivity contribution is 0.932. The van der Waals surface area contributed by atoms with Crippen LogP contribution < -0.4 is 0 Å². The molecule has 3 rings (SSSR count). The standard InChI is InChI=1S/C12H12ClN3/c13-10-5-1-8(2-6-10)7-11-14-12(16-15-11)9-3-4-9/h1-2,5-6,9H,3-4,7H2,(H,14,15,16). The van der Waals surface area contributed by atoms with Gasteiger partial charge in [-0.05, 0) is 30.5 Å². The second-order valence-electron chi connectivity index (χ2n) is 4.22. The van der Waals surface area contributed by atoms with Crippen LogP contribution in [0.2, 0.25) is 5.02 Å². The minimum Gasteiger partial charge on any atom is -0.263 e. The molecule has 0 atom stereocenters. The quantitative estimate of drug-likeness (QED) is 0.886. The first kappa shape index (κ1) is 9.85. The lowest BCUT2D eigenvalue weighted by atomic mass is 10.1. The van der Waals surface area contributed by atoms with E-state index in [9.17, 15) is 0 Å². The van der Waals surface area contributed by atoms with E-state index in [-0.39, 0.29) is 0 Å². The number of hydrogen-bond donors (Lipinski definition) is 1. The van der Waals surface area contributed by atoms with E-state index in [0.717, 1.165) is 23.1 Å². The number of benzene rings is 1. The Balaban J connectivity index is 1.75. The van der Waals surface area contributed by atoms with E-state index in [1.807, 2.05) is 24.3 Å². The van der Waals surface area contributed by atoms with E-state index in [0.29, 0.717) is 5.92 Å². The van der Waals surface area contributed by atoms with E-state index in [2.05, 4.69) is 15.2 Å². The molecule has 1 aromatic heterocycles. The summed E-state index contributed by atoms with van der Waals surface area (Å²) in [5.74, 6) is 2.52. The van der Waals surface area contributed by atoms with Gasteiger partial charge in [0, 0.05) is 17.4 Å². The largest absolute Gasteiger partial charge is 0.263 e. The zero-order valence-electron chi connectivity index (χ0n) is 8.78. The maximum Gasteiger partial charge on any atom is 0.153 e. The van der Waals surface area contributed by atoms with Crippen LogP contribution in [0.1, 0.15) is 36.0 Å². The number of nitrogens with one attached hydrogen (secondary N) is 1. The molecule has 0 spiro atoms. The van der Waals surface area contributed by atoms with Crippen molar-refractivity contribution in [2.75, 3.05) is 0 Å². The Labute approximate surface area is 98.9 Å². The number of H-pyrrole nitrogens is 1. The Morgan fingerprint density at radius 1 is 1.25 bits per heavy atom. The molecule has 2 aromatic rings. The predicted octanol–water partition coefficient (Wildman–Crippen LogP) is 2.93. The highest BCUT2D eigenvalue weighted by molar-refractivity contribution is 6.30. The molecule has 1 aliphatic carbocycles. The van der Waals surface area contributed by atoms with E-state index < -0.39 is 0 Å². The molecule has 0 amide bonds. The van der Waals surface area contributed by atoms with Gasteiger partial charge >= 0.3 is 0 Å². The number of rotatable bonds is 3. The number of aromatic amines is 1. The number of hydrogen-bond acceptors (Lipinski definition) is 2. The van der Waals surface area contributed by atoms with Crippen molar-refractivity contribution in [1.82, 2.24) is 15.2 Å². The number of aromatic nitrogens is 3. The molecule has 1 fully saturated rings. The Bertz CT molecular complexity index is 485. The van der Waals surface area contributed by atoms with Crippen LogP contribution in [-0.2, 0) is 6.42 Å². The lowest BCUT2D eigenvalue weighted by Gasteiger charge is -1.97. The van der Waals surface area contributed by atoms with Gasteiger partial charge in [0.2, 0.25) is 0 Å². The van der Waals surface area contributed by atoms with Crippen LogP contribution in [0.5, 0.6) is 0 Å². The fourth-order valence-corrected chi connectivity index (χ4v) is 1.83. The second-order valence-corrected chi connectivity index (χ2v) is 4.65. The summed E-state index contributed by atoms with van der Waals surface area (Å²) >= 11 is 5.83. The molecule has 1 heterocycles. The molecular weight excluding hydrogens is 222 g/mol. The summed E-state index contributed by atoms with van der Waals surface area (Å²) in [5, 5.41) is 7.99. The van der Waals surface area contributed by atoms with Crippen LogP contribution in [0, 0.1) is 0 Å². The van der Waals surface area contributed by atoms with Crippen molar-refractivity contribution < 1.29 is 0 Å². The first-order chi connectivity index (χ1) is 7.81. The fourth-order valence-electron chi connectivity index (χ4n) is 1.71. The van der Waals surface area contributed by atoms with Crippen LogP contribution in [-0.4, -0.2) is 15.2 Å². The minimum atomic E-state index is 0.607. The highest BCUT2D eigenvalue weighted by Gasteiger charge is 2.27. The summed E-state index contributed by atoms with van der Waals surface area (Å²) in [6.45, 7) is 0. The molecule has 1 N–H and O–H groups in total. The molecule has 0 unspecified atom stereocenters. The topological polar surface area (TPSA) is 41.6 Å². The molecule has 0 aliphatic heterocycles. The third kappa shape index (κ3) is 2.09. The maximum atomic E-state index is 5.83. The van der Waals surface area contributed by atoms with Gasteiger partial charge in [0.05, 0.1) is 0 Å². The van der Waals surface area contributed by atoms with Crippen LogP contribution in [0.4, 0.5) is 0 Å². The molecule has 0 saturated heterocycles. The predicted molar refractivity (Wildman–Crippen MR) is 62.6 cm³/mol. The molecule has 1 saturated carbocycles. The van der Waals surface area contributed by atoms with Crippen molar-refractivity contribution >= 4 is 11.6 Å². The molecule has 4 heteroatoms.